The van der Waals surface area contributed by atoms with Crippen molar-refractivity contribution >= 4 is 22.2 Å². The van der Waals surface area contributed by atoms with Gasteiger partial charge in [-0.1, -0.05) is 23.0 Å². The SMILES string of the molecule is Cc1c(C(=O)NCCC2=CCCCC2)sc2nc(-c3ccc(F)cc3)cn12. The summed E-state index contributed by atoms with van der Waals surface area (Å²) in [4.78, 5) is 18.6. The molecule has 2 heterocycles. The van der Waals surface area contributed by atoms with Gasteiger partial charge in [-0.15, -0.1) is 0 Å². The monoisotopic (exact) mass is 383 g/mol. The van der Waals surface area contributed by atoms with Crippen LogP contribution in [0.1, 0.15) is 47.5 Å². The Morgan fingerprint density at radius 1 is 1.30 bits per heavy atom. The summed E-state index contributed by atoms with van der Waals surface area (Å²) < 4.78 is 15.0. The van der Waals surface area contributed by atoms with E-state index >= 15 is 0 Å². The largest absolute Gasteiger partial charge is 0.351 e. The average Bonchev–Trinajstić information content (AvgIpc) is 3.23. The number of nitrogens with one attached hydrogen (secondary N) is 1. The van der Waals surface area contributed by atoms with Crippen molar-refractivity contribution in [1.82, 2.24) is 14.7 Å². The first-order chi connectivity index (χ1) is 13.1. The van der Waals surface area contributed by atoms with E-state index < -0.39 is 0 Å². The highest BCUT2D eigenvalue weighted by atomic mass is 32.1. The van der Waals surface area contributed by atoms with Crippen LogP contribution in [0, 0.1) is 12.7 Å². The van der Waals surface area contributed by atoms with Gasteiger partial charge in [0.15, 0.2) is 4.96 Å². The minimum absolute atomic E-state index is 0.0391. The molecule has 1 aliphatic rings. The number of fused-ring (bicyclic) bond motifs is 1. The lowest BCUT2D eigenvalue weighted by Crippen LogP contribution is -2.24. The van der Waals surface area contributed by atoms with Crippen molar-refractivity contribution in [2.75, 3.05) is 6.54 Å². The van der Waals surface area contributed by atoms with Crippen molar-refractivity contribution in [3.63, 3.8) is 0 Å². The quantitative estimate of drug-likeness (QED) is 0.621. The normalized spacial score (nSPS) is 14.4. The minimum Gasteiger partial charge on any atom is -0.351 e. The summed E-state index contributed by atoms with van der Waals surface area (Å²) in [5.41, 5.74) is 3.98. The molecule has 27 heavy (non-hydrogen) atoms. The van der Waals surface area contributed by atoms with Gasteiger partial charge in [0.1, 0.15) is 10.7 Å². The lowest BCUT2D eigenvalue weighted by atomic mass is 9.97. The Labute approximate surface area is 161 Å². The van der Waals surface area contributed by atoms with Crippen molar-refractivity contribution in [2.45, 2.75) is 39.0 Å². The van der Waals surface area contributed by atoms with Gasteiger partial charge in [-0.2, -0.15) is 0 Å². The van der Waals surface area contributed by atoms with Crippen LogP contribution >= 0.6 is 11.3 Å². The van der Waals surface area contributed by atoms with E-state index in [0.29, 0.717) is 11.4 Å². The second-order valence-corrected chi connectivity index (χ2v) is 7.89. The van der Waals surface area contributed by atoms with E-state index in [0.717, 1.165) is 34.8 Å². The highest BCUT2D eigenvalue weighted by Gasteiger charge is 2.18. The zero-order valence-corrected chi connectivity index (χ0v) is 16.1. The molecule has 4 rings (SSSR count). The number of carbonyl (C=O) groups is 1. The van der Waals surface area contributed by atoms with Gasteiger partial charge in [0, 0.05) is 24.0 Å². The number of nitrogens with zero attached hydrogens (tertiary/aromatic N) is 2. The summed E-state index contributed by atoms with van der Waals surface area (Å²) in [6.45, 7) is 2.60. The molecule has 0 bridgehead atoms. The second-order valence-electron chi connectivity index (χ2n) is 6.92. The topological polar surface area (TPSA) is 46.4 Å². The molecule has 0 radical (unpaired) electrons. The predicted octanol–water partition coefficient (Wildman–Crippen LogP) is 5.13. The van der Waals surface area contributed by atoms with Crippen LogP contribution in [-0.2, 0) is 0 Å². The molecular formula is C21H22FN3OS. The number of amides is 1. The third-order valence-corrected chi connectivity index (χ3v) is 6.18. The molecule has 4 nitrogen and oxygen atoms in total. The van der Waals surface area contributed by atoms with Gasteiger partial charge in [-0.05, 0) is 63.3 Å². The fourth-order valence-corrected chi connectivity index (χ4v) is 4.49. The predicted molar refractivity (Wildman–Crippen MR) is 107 cm³/mol. The Morgan fingerprint density at radius 3 is 2.81 bits per heavy atom. The first-order valence-corrected chi connectivity index (χ1v) is 10.1. The maximum Gasteiger partial charge on any atom is 0.263 e. The summed E-state index contributed by atoms with van der Waals surface area (Å²) in [6.07, 6.45) is 10.0. The molecule has 1 aliphatic carbocycles. The standard InChI is InChI=1S/C21H22FN3OS/c1-14-19(20(26)23-12-11-15-5-3-2-4-6-15)27-21-24-18(13-25(14)21)16-7-9-17(22)10-8-16/h5,7-10,13H,2-4,6,11-12H2,1H3,(H,23,26). The smallest absolute Gasteiger partial charge is 0.263 e. The number of thiazole rings is 1. The maximum atomic E-state index is 13.1. The fourth-order valence-electron chi connectivity index (χ4n) is 3.47. The van der Waals surface area contributed by atoms with Crippen molar-refractivity contribution in [1.29, 1.82) is 0 Å². The van der Waals surface area contributed by atoms with Gasteiger partial charge in [0.25, 0.3) is 5.91 Å². The van der Waals surface area contributed by atoms with E-state index in [1.807, 2.05) is 17.5 Å². The van der Waals surface area contributed by atoms with E-state index in [2.05, 4.69) is 16.4 Å². The Balaban J connectivity index is 1.46. The molecule has 1 aromatic carbocycles. The van der Waals surface area contributed by atoms with Gasteiger partial charge < -0.3 is 5.32 Å². The lowest BCUT2D eigenvalue weighted by Gasteiger charge is -2.12. The van der Waals surface area contributed by atoms with Crippen LogP contribution in [-0.4, -0.2) is 21.8 Å². The number of halogens is 1. The number of benzene rings is 1. The molecular weight excluding hydrogens is 361 g/mol. The molecule has 3 aromatic rings. The van der Waals surface area contributed by atoms with Crippen molar-refractivity contribution in [3.05, 3.63) is 58.5 Å². The van der Waals surface area contributed by atoms with Gasteiger partial charge in [0.2, 0.25) is 0 Å². The molecule has 2 aromatic heterocycles. The van der Waals surface area contributed by atoms with E-state index in [1.165, 1.54) is 48.3 Å². The highest BCUT2D eigenvalue weighted by Crippen LogP contribution is 2.27. The lowest BCUT2D eigenvalue weighted by molar-refractivity contribution is 0.0957. The Kier molecular flexibility index (Phi) is 5.07. The number of allylic oxidation sites excluding steroid dienone is 1. The second kappa shape index (κ2) is 7.64. The summed E-state index contributed by atoms with van der Waals surface area (Å²) in [5, 5.41) is 3.04. The third kappa shape index (κ3) is 3.81. The number of imidazole rings is 1. The number of hydrogen-bond donors (Lipinski definition) is 1. The van der Waals surface area contributed by atoms with Crippen LogP contribution in [0.3, 0.4) is 0 Å². The maximum absolute atomic E-state index is 13.1. The summed E-state index contributed by atoms with van der Waals surface area (Å²) in [6, 6.07) is 6.28. The average molecular weight is 383 g/mol. The van der Waals surface area contributed by atoms with Crippen LogP contribution in [0.2, 0.25) is 0 Å². The molecule has 1 N–H and O–H groups in total. The third-order valence-electron chi connectivity index (χ3n) is 5.02. The van der Waals surface area contributed by atoms with Crippen LogP contribution < -0.4 is 5.32 Å². The number of hydrogen-bond acceptors (Lipinski definition) is 3. The minimum atomic E-state index is -0.265. The molecule has 0 saturated heterocycles. The number of aryl methyl sites for hydroxylation is 1. The molecule has 0 saturated carbocycles. The van der Waals surface area contributed by atoms with E-state index in [4.69, 9.17) is 0 Å². The fraction of sp³-hybridized carbons (Fsp3) is 0.333. The summed E-state index contributed by atoms with van der Waals surface area (Å²) in [7, 11) is 0. The zero-order valence-electron chi connectivity index (χ0n) is 15.3. The van der Waals surface area contributed by atoms with Gasteiger partial charge in [-0.3, -0.25) is 9.20 Å². The van der Waals surface area contributed by atoms with Crippen LogP contribution in [0.5, 0.6) is 0 Å². The highest BCUT2D eigenvalue weighted by molar-refractivity contribution is 7.19. The summed E-state index contributed by atoms with van der Waals surface area (Å²) >= 11 is 1.39. The van der Waals surface area contributed by atoms with E-state index in [1.54, 1.807) is 12.1 Å². The number of rotatable bonds is 5. The van der Waals surface area contributed by atoms with Crippen molar-refractivity contribution < 1.29 is 9.18 Å². The zero-order chi connectivity index (χ0) is 18.8. The summed E-state index contributed by atoms with van der Waals surface area (Å²) in [5.74, 6) is -0.304. The van der Waals surface area contributed by atoms with Gasteiger partial charge in [0.05, 0.1) is 5.69 Å². The first-order valence-electron chi connectivity index (χ1n) is 9.32. The van der Waals surface area contributed by atoms with E-state index in [9.17, 15) is 9.18 Å². The molecule has 0 fully saturated rings. The molecule has 0 spiro atoms. The van der Waals surface area contributed by atoms with Gasteiger partial charge in [-0.25, -0.2) is 9.37 Å². The molecule has 0 aliphatic heterocycles. The Bertz CT molecular complexity index is 1000. The molecule has 6 heteroatoms. The number of aromatic nitrogens is 2. The van der Waals surface area contributed by atoms with Crippen molar-refractivity contribution in [2.24, 2.45) is 0 Å². The Hall–Kier alpha value is -2.47. The molecule has 0 atom stereocenters. The first kappa shape index (κ1) is 17.9. The molecule has 0 unspecified atom stereocenters. The van der Waals surface area contributed by atoms with E-state index in [-0.39, 0.29) is 11.7 Å². The van der Waals surface area contributed by atoms with Crippen molar-refractivity contribution in [3.8, 4) is 11.3 Å². The molecule has 140 valence electrons. The molecule has 1 amide bonds. The van der Waals surface area contributed by atoms with Crippen LogP contribution in [0.25, 0.3) is 16.2 Å². The number of carbonyl (C=O) groups excluding carboxylic acids is 1. The Morgan fingerprint density at radius 2 is 2.11 bits per heavy atom. The van der Waals surface area contributed by atoms with Crippen LogP contribution in [0.15, 0.2) is 42.1 Å². The van der Waals surface area contributed by atoms with Gasteiger partial charge >= 0.3 is 0 Å². The van der Waals surface area contributed by atoms with Crippen LogP contribution in [0.4, 0.5) is 4.39 Å².